The van der Waals surface area contributed by atoms with Crippen LogP contribution in [-0.4, -0.2) is 29.3 Å². The highest BCUT2D eigenvalue weighted by Crippen LogP contribution is 2.14. The molecule has 0 spiro atoms. The predicted octanol–water partition coefficient (Wildman–Crippen LogP) is 3.00. The van der Waals surface area contributed by atoms with Crippen LogP contribution in [0.4, 0.5) is 0 Å². The molecule has 0 radical (unpaired) electrons. The zero-order chi connectivity index (χ0) is 13.9. The first kappa shape index (κ1) is 16.0. The third-order valence-electron chi connectivity index (χ3n) is 2.65. The Morgan fingerprint density at radius 3 is 2.63 bits per heavy atom. The van der Waals surface area contributed by atoms with Crippen LogP contribution in [0.25, 0.3) is 6.08 Å². The highest BCUT2D eigenvalue weighted by Gasteiger charge is 2.07. The standard InChI is InChI=1S/C15H24O3Si/c1-4-13-8-7-9-14(12-13)18-19-11-10-15(16-5-2)17-6-3/h4,7-9,12,15H,1,5-6,10-11,19H2,2-3H3. The van der Waals surface area contributed by atoms with Gasteiger partial charge < -0.3 is 13.9 Å². The van der Waals surface area contributed by atoms with Gasteiger partial charge in [0.2, 0.25) is 9.76 Å². The van der Waals surface area contributed by atoms with Gasteiger partial charge >= 0.3 is 0 Å². The Morgan fingerprint density at radius 2 is 2.00 bits per heavy atom. The molecule has 1 rings (SSSR count). The summed E-state index contributed by atoms with van der Waals surface area (Å²) in [6.45, 7) is 9.11. The van der Waals surface area contributed by atoms with E-state index in [1.54, 1.807) is 0 Å². The lowest BCUT2D eigenvalue weighted by Gasteiger charge is -2.16. The fourth-order valence-corrected chi connectivity index (χ4v) is 2.82. The van der Waals surface area contributed by atoms with Crippen LogP contribution in [0, 0.1) is 0 Å². The summed E-state index contributed by atoms with van der Waals surface area (Å²) in [6, 6.07) is 9.06. The molecule has 0 aromatic heterocycles. The second kappa shape index (κ2) is 9.78. The molecule has 3 nitrogen and oxygen atoms in total. The molecule has 1 aromatic rings. The Kier molecular flexibility index (Phi) is 8.21. The molecule has 0 N–H and O–H groups in total. The average molecular weight is 280 g/mol. The lowest BCUT2D eigenvalue weighted by Crippen LogP contribution is -2.18. The lowest BCUT2D eigenvalue weighted by atomic mass is 10.2. The summed E-state index contributed by atoms with van der Waals surface area (Å²) in [7, 11) is -0.582. The predicted molar refractivity (Wildman–Crippen MR) is 82.2 cm³/mol. The van der Waals surface area contributed by atoms with Gasteiger partial charge in [-0.1, -0.05) is 24.8 Å². The van der Waals surface area contributed by atoms with E-state index in [2.05, 4.69) is 6.58 Å². The molecule has 0 saturated heterocycles. The van der Waals surface area contributed by atoms with Crippen LogP contribution >= 0.6 is 0 Å². The first-order chi connectivity index (χ1) is 9.30. The van der Waals surface area contributed by atoms with Gasteiger partial charge in [0.05, 0.1) is 0 Å². The van der Waals surface area contributed by atoms with Gasteiger partial charge in [-0.3, -0.25) is 0 Å². The molecular weight excluding hydrogens is 256 g/mol. The zero-order valence-corrected chi connectivity index (χ0v) is 13.3. The Hall–Kier alpha value is -1.10. The van der Waals surface area contributed by atoms with Crippen molar-refractivity contribution in [2.75, 3.05) is 13.2 Å². The molecule has 1 aromatic carbocycles. The maximum Gasteiger partial charge on any atom is 0.219 e. The zero-order valence-electron chi connectivity index (χ0n) is 11.9. The van der Waals surface area contributed by atoms with Crippen molar-refractivity contribution in [3.63, 3.8) is 0 Å². The minimum atomic E-state index is -0.582. The summed E-state index contributed by atoms with van der Waals surface area (Å²) in [6.07, 6.45) is 2.66. The molecule has 0 aliphatic carbocycles. The van der Waals surface area contributed by atoms with Crippen molar-refractivity contribution in [3.05, 3.63) is 36.4 Å². The van der Waals surface area contributed by atoms with Gasteiger partial charge in [-0.05, 0) is 44.0 Å². The molecule has 0 aliphatic rings. The normalized spacial score (nSPS) is 11.3. The summed E-state index contributed by atoms with van der Waals surface area (Å²) >= 11 is 0. The molecule has 0 amide bonds. The van der Waals surface area contributed by atoms with Crippen molar-refractivity contribution in [2.24, 2.45) is 0 Å². The molecular formula is C15H24O3Si. The van der Waals surface area contributed by atoms with Crippen molar-refractivity contribution in [1.82, 2.24) is 0 Å². The van der Waals surface area contributed by atoms with Crippen LogP contribution in [0.2, 0.25) is 6.04 Å². The topological polar surface area (TPSA) is 27.7 Å². The summed E-state index contributed by atoms with van der Waals surface area (Å²) in [5, 5.41) is 0. The summed E-state index contributed by atoms with van der Waals surface area (Å²) in [5.41, 5.74) is 1.09. The first-order valence-corrected chi connectivity index (χ1v) is 8.46. The van der Waals surface area contributed by atoms with E-state index in [-0.39, 0.29) is 6.29 Å². The molecule has 0 bridgehead atoms. The van der Waals surface area contributed by atoms with Gasteiger partial charge in [0, 0.05) is 13.2 Å². The van der Waals surface area contributed by atoms with Gasteiger partial charge in [-0.15, -0.1) is 0 Å². The van der Waals surface area contributed by atoms with Crippen molar-refractivity contribution < 1.29 is 13.9 Å². The van der Waals surface area contributed by atoms with Crippen LogP contribution < -0.4 is 4.43 Å². The molecule has 106 valence electrons. The third kappa shape index (κ3) is 6.57. The van der Waals surface area contributed by atoms with E-state index in [1.807, 2.05) is 44.2 Å². The highest BCUT2D eigenvalue weighted by atomic mass is 28.2. The van der Waals surface area contributed by atoms with Crippen LogP contribution in [0.1, 0.15) is 25.8 Å². The Labute approximate surface area is 118 Å². The fourth-order valence-electron chi connectivity index (χ4n) is 1.76. The molecule has 0 saturated carbocycles. The molecule has 19 heavy (non-hydrogen) atoms. The van der Waals surface area contributed by atoms with E-state index >= 15 is 0 Å². The molecule has 4 heteroatoms. The molecule has 0 heterocycles. The Bertz CT molecular complexity index is 362. The van der Waals surface area contributed by atoms with Crippen molar-refractivity contribution in [2.45, 2.75) is 32.6 Å². The van der Waals surface area contributed by atoms with Gasteiger partial charge in [0.1, 0.15) is 5.75 Å². The quantitative estimate of drug-likeness (QED) is 0.374. The second-order valence-corrected chi connectivity index (χ2v) is 5.51. The summed E-state index contributed by atoms with van der Waals surface area (Å²) < 4.78 is 16.8. The maximum atomic E-state index is 5.84. The number of benzene rings is 1. The van der Waals surface area contributed by atoms with E-state index in [4.69, 9.17) is 13.9 Å². The number of rotatable bonds is 10. The molecule has 0 unspecified atom stereocenters. The van der Waals surface area contributed by atoms with E-state index in [1.165, 1.54) is 0 Å². The highest BCUT2D eigenvalue weighted by molar-refractivity contribution is 6.28. The third-order valence-corrected chi connectivity index (χ3v) is 3.89. The van der Waals surface area contributed by atoms with Gasteiger partial charge in [-0.2, -0.15) is 0 Å². The van der Waals surface area contributed by atoms with Crippen LogP contribution in [-0.2, 0) is 9.47 Å². The van der Waals surface area contributed by atoms with Gasteiger partial charge in [0.25, 0.3) is 0 Å². The van der Waals surface area contributed by atoms with E-state index in [9.17, 15) is 0 Å². The first-order valence-electron chi connectivity index (χ1n) is 6.88. The van der Waals surface area contributed by atoms with E-state index in [0.29, 0.717) is 13.2 Å². The second-order valence-electron chi connectivity index (χ2n) is 4.11. The monoisotopic (exact) mass is 280 g/mol. The minimum absolute atomic E-state index is 0.0781. The van der Waals surface area contributed by atoms with Crippen LogP contribution in [0.15, 0.2) is 30.8 Å². The minimum Gasteiger partial charge on any atom is -0.549 e. The van der Waals surface area contributed by atoms with Gasteiger partial charge in [-0.25, -0.2) is 0 Å². The molecule has 0 aliphatic heterocycles. The number of ether oxygens (including phenoxy) is 2. The maximum absolute atomic E-state index is 5.84. The van der Waals surface area contributed by atoms with Crippen molar-refractivity contribution in [3.8, 4) is 5.75 Å². The van der Waals surface area contributed by atoms with Crippen LogP contribution in [0.5, 0.6) is 5.75 Å². The van der Waals surface area contributed by atoms with Crippen LogP contribution in [0.3, 0.4) is 0 Å². The molecule has 0 fully saturated rings. The SMILES string of the molecule is C=Cc1cccc(O[SiH2]CCC(OCC)OCC)c1. The molecule has 0 atom stereocenters. The van der Waals surface area contributed by atoms with Gasteiger partial charge in [0.15, 0.2) is 6.29 Å². The number of hydrogen-bond acceptors (Lipinski definition) is 3. The van der Waals surface area contributed by atoms with Crippen molar-refractivity contribution in [1.29, 1.82) is 0 Å². The van der Waals surface area contributed by atoms with E-state index < -0.39 is 9.76 Å². The average Bonchev–Trinajstić information content (AvgIpc) is 2.44. The largest absolute Gasteiger partial charge is 0.549 e. The Morgan fingerprint density at radius 1 is 1.26 bits per heavy atom. The summed E-state index contributed by atoms with van der Waals surface area (Å²) in [4.78, 5) is 0. The number of hydrogen-bond donors (Lipinski definition) is 0. The van der Waals surface area contributed by atoms with E-state index in [0.717, 1.165) is 23.8 Å². The Balaban J connectivity index is 2.26. The smallest absolute Gasteiger partial charge is 0.219 e. The lowest BCUT2D eigenvalue weighted by molar-refractivity contribution is -0.136. The van der Waals surface area contributed by atoms with Crippen molar-refractivity contribution >= 4 is 15.8 Å². The fraction of sp³-hybridized carbons (Fsp3) is 0.467. The summed E-state index contributed by atoms with van der Waals surface area (Å²) in [5.74, 6) is 0.938.